The van der Waals surface area contributed by atoms with E-state index < -0.39 is 0 Å². The Morgan fingerprint density at radius 2 is 1.78 bits per heavy atom. The molecule has 0 unspecified atom stereocenters. The van der Waals surface area contributed by atoms with Crippen molar-refractivity contribution in [2.75, 3.05) is 12.8 Å². The number of anilines is 1. The number of ether oxygens (including phenoxy) is 3. The minimum Gasteiger partial charge on any atom is -0.507 e. The normalized spacial score (nSPS) is 10.6. The summed E-state index contributed by atoms with van der Waals surface area (Å²) in [5.74, 6) is 2.00. The topological polar surface area (TPSA) is 99.7 Å². The number of aromatic hydroxyl groups is 1. The number of hydrogen-bond donors (Lipinski definition) is 2. The molecule has 3 aromatic carbocycles. The SMILES string of the molecule is COc1cccc(Oc2cnc(N)nc2-c2ccc(OCc3cccc(Cl)c3)cc2O)c1. The number of nitrogen functional groups attached to an aromatic ring is 1. The molecule has 7 nitrogen and oxygen atoms in total. The summed E-state index contributed by atoms with van der Waals surface area (Å²) in [6.45, 7) is 0.310. The lowest BCUT2D eigenvalue weighted by Crippen LogP contribution is -2.00. The van der Waals surface area contributed by atoms with Gasteiger partial charge in [-0.2, -0.15) is 0 Å². The number of hydrogen-bond acceptors (Lipinski definition) is 7. The van der Waals surface area contributed by atoms with Gasteiger partial charge in [-0.15, -0.1) is 0 Å². The lowest BCUT2D eigenvalue weighted by molar-refractivity contribution is 0.304. The van der Waals surface area contributed by atoms with E-state index in [9.17, 15) is 5.11 Å². The van der Waals surface area contributed by atoms with Crippen LogP contribution in [0, 0.1) is 0 Å². The average Bonchev–Trinajstić information content (AvgIpc) is 2.79. The van der Waals surface area contributed by atoms with Crippen LogP contribution >= 0.6 is 11.6 Å². The number of aromatic nitrogens is 2. The Kier molecular flexibility index (Phi) is 6.28. The van der Waals surface area contributed by atoms with Gasteiger partial charge in [0, 0.05) is 22.7 Å². The molecule has 0 spiro atoms. The van der Waals surface area contributed by atoms with Crippen molar-refractivity contribution < 1.29 is 19.3 Å². The fourth-order valence-corrected chi connectivity index (χ4v) is 3.25. The summed E-state index contributed by atoms with van der Waals surface area (Å²) in [6.07, 6.45) is 1.46. The third-order valence-electron chi connectivity index (χ3n) is 4.56. The van der Waals surface area contributed by atoms with E-state index >= 15 is 0 Å². The van der Waals surface area contributed by atoms with Crippen molar-refractivity contribution >= 4 is 17.5 Å². The maximum atomic E-state index is 10.7. The van der Waals surface area contributed by atoms with Crippen LogP contribution in [-0.4, -0.2) is 22.2 Å². The number of benzene rings is 3. The zero-order valence-corrected chi connectivity index (χ0v) is 17.9. The van der Waals surface area contributed by atoms with Crippen molar-refractivity contribution in [2.24, 2.45) is 0 Å². The van der Waals surface area contributed by atoms with Crippen LogP contribution < -0.4 is 19.9 Å². The van der Waals surface area contributed by atoms with Gasteiger partial charge in [-0.3, -0.25) is 0 Å². The number of phenolic OH excluding ortho intramolecular Hbond substituents is 1. The lowest BCUT2D eigenvalue weighted by Gasteiger charge is -2.13. The Morgan fingerprint density at radius 3 is 2.56 bits per heavy atom. The van der Waals surface area contributed by atoms with Gasteiger partial charge in [0.15, 0.2) is 5.75 Å². The van der Waals surface area contributed by atoms with Crippen molar-refractivity contribution in [3.63, 3.8) is 0 Å². The van der Waals surface area contributed by atoms with Gasteiger partial charge >= 0.3 is 0 Å². The predicted molar refractivity (Wildman–Crippen MR) is 122 cm³/mol. The van der Waals surface area contributed by atoms with Crippen molar-refractivity contribution in [1.29, 1.82) is 0 Å². The van der Waals surface area contributed by atoms with Gasteiger partial charge in [0.05, 0.1) is 13.3 Å². The maximum Gasteiger partial charge on any atom is 0.220 e. The zero-order chi connectivity index (χ0) is 22.5. The van der Waals surface area contributed by atoms with Crippen molar-refractivity contribution in [3.05, 3.63) is 83.5 Å². The molecule has 0 atom stereocenters. The molecule has 0 aliphatic heterocycles. The Morgan fingerprint density at radius 1 is 0.969 bits per heavy atom. The second-order valence-electron chi connectivity index (χ2n) is 6.82. The van der Waals surface area contributed by atoms with E-state index in [1.165, 1.54) is 12.3 Å². The predicted octanol–water partition coefficient (Wildman–Crippen LogP) is 5.46. The Balaban J connectivity index is 1.59. The van der Waals surface area contributed by atoms with E-state index in [0.717, 1.165) is 5.56 Å². The summed E-state index contributed by atoms with van der Waals surface area (Å²) >= 11 is 6.01. The highest BCUT2D eigenvalue weighted by Gasteiger charge is 2.16. The molecule has 0 saturated carbocycles. The summed E-state index contributed by atoms with van der Waals surface area (Å²) in [7, 11) is 1.57. The number of nitrogens with two attached hydrogens (primary N) is 1. The summed E-state index contributed by atoms with van der Waals surface area (Å²) in [4.78, 5) is 8.29. The third kappa shape index (κ3) is 5.01. The van der Waals surface area contributed by atoms with Gasteiger partial charge in [0.1, 0.15) is 35.3 Å². The van der Waals surface area contributed by atoms with Crippen molar-refractivity contribution in [2.45, 2.75) is 6.61 Å². The Bertz CT molecular complexity index is 1250. The van der Waals surface area contributed by atoms with Crippen LogP contribution in [0.25, 0.3) is 11.3 Å². The Labute approximate surface area is 190 Å². The molecule has 4 aromatic rings. The summed E-state index contributed by atoms with van der Waals surface area (Å²) in [6, 6.07) is 19.4. The van der Waals surface area contributed by atoms with Crippen LogP contribution in [0.3, 0.4) is 0 Å². The number of halogens is 1. The molecule has 0 saturated heterocycles. The first kappa shape index (κ1) is 21.3. The quantitative estimate of drug-likeness (QED) is 0.386. The molecule has 0 radical (unpaired) electrons. The van der Waals surface area contributed by atoms with Gasteiger partial charge < -0.3 is 25.1 Å². The van der Waals surface area contributed by atoms with Gasteiger partial charge in [-0.1, -0.05) is 29.8 Å². The van der Waals surface area contributed by atoms with E-state index in [1.807, 2.05) is 18.2 Å². The van der Waals surface area contributed by atoms with E-state index in [2.05, 4.69) is 9.97 Å². The molecule has 4 rings (SSSR count). The summed E-state index contributed by atoms with van der Waals surface area (Å²) in [5.41, 5.74) is 7.48. The zero-order valence-electron chi connectivity index (χ0n) is 17.2. The number of methoxy groups -OCH3 is 1. The minimum atomic E-state index is -0.0396. The van der Waals surface area contributed by atoms with E-state index in [0.29, 0.717) is 45.9 Å². The molecule has 8 heteroatoms. The number of rotatable bonds is 7. The van der Waals surface area contributed by atoms with E-state index in [-0.39, 0.29) is 11.7 Å². The Hall–Kier alpha value is -3.97. The first-order valence-electron chi connectivity index (χ1n) is 9.67. The van der Waals surface area contributed by atoms with Gasteiger partial charge in [0.25, 0.3) is 0 Å². The molecular formula is C24H20ClN3O4. The fraction of sp³-hybridized carbons (Fsp3) is 0.0833. The highest BCUT2D eigenvalue weighted by molar-refractivity contribution is 6.30. The molecule has 32 heavy (non-hydrogen) atoms. The molecule has 3 N–H and O–H groups in total. The molecule has 0 aliphatic rings. The molecule has 162 valence electrons. The van der Waals surface area contributed by atoms with Crippen LogP contribution in [0.1, 0.15) is 5.56 Å². The standard InChI is InChI=1S/C24H20ClN3O4/c1-30-17-6-3-7-19(11-17)32-22-13-27-24(26)28-23(22)20-9-8-18(12-21(20)29)31-14-15-4-2-5-16(25)10-15/h2-13,29H,14H2,1H3,(H2,26,27,28). The highest BCUT2D eigenvalue weighted by Crippen LogP contribution is 2.38. The largest absolute Gasteiger partial charge is 0.507 e. The summed E-state index contributed by atoms with van der Waals surface area (Å²) < 4.78 is 16.9. The van der Waals surface area contributed by atoms with Crippen LogP contribution in [0.2, 0.25) is 5.02 Å². The van der Waals surface area contributed by atoms with E-state index in [4.69, 9.17) is 31.5 Å². The molecule has 0 bridgehead atoms. The molecule has 1 aromatic heterocycles. The first-order chi connectivity index (χ1) is 15.5. The van der Waals surface area contributed by atoms with Crippen LogP contribution in [0.15, 0.2) is 72.9 Å². The van der Waals surface area contributed by atoms with Crippen LogP contribution in [-0.2, 0) is 6.61 Å². The second-order valence-corrected chi connectivity index (χ2v) is 7.26. The molecule has 0 aliphatic carbocycles. The van der Waals surface area contributed by atoms with Gasteiger partial charge in [0.2, 0.25) is 5.95 Å². The third-order valence-corrected chi connectivity index (χ3v) is 4.80. The minimum absolute atomic E-state index is 0.0396. The number of phenols is 1. The molecule has 1 heterocycles. The summed E-state index contributed by atoms with van der Waals surface area (Å²) in [5, 5.41) is 11.3. The maximum absolute atomic E-state index is 10.7. The lowest BCUT2D eigenvalue weighted by atomic mass is 10.1. The van der Waals surface area contributed by atoms with Crippen LogP contribution in [0.5, 0.6) is 28.7 Å². The van der Waals surface area contributed by atoms with E-state index in [1.54, 1.807) is 49.6 Å². The first-order valence-corrected chi connectivity index (χ1v) is 10.0. The fourth-order valence-electron chi connectivity index (χ4n) is 3.04. The van der Waals surface area contributed by atoms with Crippen molar-refractivity contribution in [3.8, 4) is 40.0 Å². The van der Waals surface area contributed by atoms with Gasteiger partial charge in [-0.25, -0.2) is 9.97 Å². The smallest absolute Gasteiger partial charge is 0.220 e. The number of nitrogens with zero attached hydrogens (tertiary/aromatic N) is 2. The van der Waals surface area contributed by atoms with Crippen LogP contribution in [0.4, 0.5) is 5.95 Å². The average molecular weight is 450 g/mol. The molecular weight excluding hydrogens is 430 g/mol. The molecule has 0 fully saturated rings. The molecule has 0 amide bonds. The highest BCUT2D eigenvalue weighted by atomic mass is 35.5. The second kappa shape index (κ2) is 9.45. The van der Waals surface area contributed by atoms with Gasteiger partial charge in [-0.05, 0) is 42.0 Å². The monoisotopic (exact) mass is 449 g/mol. The van der Waals surface area contributed by atoms with Crippen molar-refractivity contribution in [1.82, 2.24) is 9.97 Å².